The largest absolute Gasteiger partial charge is 0.463 e. The fraction of sp³-hybridized carbons (Fsp3) is 0.975. The number of aliphatic hydroxyl groups is 12. The van der Waals surface area contributed by atoms with E-state index in [4.69, 9.17) is 37.9 Å². The van der Waals surface area contributed by atoms with Crippen molar-refractivity contribution in [3.63, 3.8) is 0 Å². The lowest BCUT2D eigenvalue weighted by Gasteiger charge is -2.51. The molecular weight excluding hydrogens is 816 g/mol. The summed E-state index contributed by atoms with van der Waals surface area (Å²) in [5.41, 5.74) is 0. The summed E-state index contributed by atoms with van der Waals surface area (Å²) in [6.07, 6.45) is -23.0. The number of carbonyl (C=O) groups excluding carboxylic acids is 1. The monoisotopic (exact) mass is 882 g/mol. The maximum atomic E-state index is 12.7. The molecule has 4 heterocycles. The molecule has 21 unspecified atom stereocenters. The zero-order valence-corrected chi connectivity index (χ0v) is 34.2. The number of rotatable bonds is 11. The van der Waals surface area contributed by atoms with E-state index >= 15 is 0 Å². The first-order chi connectivity index (χ1) is 29.0. The molecule has 7 fully saturated rings. The summed E-state index contributed by atoms with van der Waals surface area (Å²) in [5, 5.41) is 127. The second kappa shape index (κ2) is 20.5. The molecule has 0 spiro atoms. The number of hydrogen-bond donors (Lipinski definition) is 12. The fourth-order valence-electron chi connectivity index (χ4n) is 10.1. The number of hydrogen-bond acceptors (Lipinski definition) is 21. The van der Waals surface area contributed by atoms with Crippen LogP contribution < -0.4 is 0 Å². The van der Waals surface area contributed by atoms with Gasteiger partial charge in [-0.15, -0.1) is 0 Å². The fourth-order valence-corrected chi connectivity index (χ4v) is 10.1. The van der Waals surface area contributed by atoms with Gasteiger partial charge in [0.25, 0.3) is 0 Å². The molecule has 3 aliphatic carbocycles. The van der Waals surface area contributed by atoms with E-state index in [9.17, 15) is 66.1 Å². The number of esters is 1. The highest BCUT2D eigenvalue weighted by Crippen LogP contribution is 2.44. The van der Waals surface area contributed by atoms with Crippen molar-refractivity contribution in [1.82, 2.24) is 0 Å². The van der Waals surface area contributed by atoms with Crippen molar-refractivity contribution in [3.8, 4) is 0 Å². The molecule has 0 aromatic rings. The van der Waals surface area contributed by atoms with Crippen LogP contribution in [-0.4, -0.2) is 215 Å². The van der Waals surface area contributed by atoms with Gasteiger partial charge in [0, 0.05) is 18.8 Å². The molecule has 21 nitrogen and oxygen atoms in total. The summed E-state index contributed by atoms with van der Waals surface area (Å²) < 4.78 is 47.6. The molecule has 3 saturated carbocycles. The summed E-state index contributed by atoms with van der Waals surface area (Å²) in [5.74, 6) is -1.61. The Bertz CT molecular complexity index is 1400. The van der Waals surface area contributed by atoms with Crippen molar-refractivity contribution in [3.05, 3.63) is 0 Å². The van der Waals surface area contributed by atoms with E-state index in [1.165, 1.54) is 6.92 Å². The van der Waals surface area contributed by atoms with Gasteiger partial charge in [0.05, 0.1) is 61.4 Å². The van der Waals surface area contributed by atoms with Crippen molar-refractivity contribution < 1.29 is 104 Å². The van der Waals surface area contributed by atoms with Crippen molar-refractivity contribution in [2.75, 3.05) is 13.2 Å². The zero-order chi connectivity index (χ0) is 43.9. The normalized spacial score (nSPS) is 52.2. The average molecular weight is 883 g/mol. The maximum absolute atomic E-state index is 12.7. The van der Waals surface area contributed by atoms with Gasteiger partial charge in [0.15, 0.2) is 18.9 Å². The molecule has 0 aromatic heterocycles. The van der Waals surface area contributed by atoms with Gasteiger partial charge in [-0.3, -0.25) is 4.79 Å². The smallest absolute Gasteiger partial charge is 0.309 e. The Morgan fingerprint density at radius 3 is 1.70 bits per heavy atom. The number of aliphatic hydroxyl groups excluding tert-OH is 12. The predicted molar refractivity (Wildman–Crippen MR) is 200 cm³/mol. The Kier molecular flexibility index (Phi) is 16.0. The third kappa shape index (κ3) is 10.7. The van der Waals surface area contributed by atoms with Gasteiger partial charge < -0.3 is 99.2 Å². The van der Waals surface area contributed by atoms with Crippen LogP contribution in [0.5, 0.6) is 0 Å². The van der Waals surface area contributed by atoms with Gasteiger partial charge in [0.1, 0.15) is 73.8 Å². The highest BCUT2D eigenvalue weighted by Gasteiger charge is 2.54. The average Bonchev–Trinajstić information content (AvgIpc) is 3.24. The van der Waals surface area contributed by atoms with E-state index in [1.54, 1.807) is 0 Å². The Morgan fingerprint density at radius 2 is 1.08 bits per heavy atom. The second-order valence-corrected chi connectivity index (χ2v) is 18.3. The minimum absolute atomic E-state index is 0.0439. The van der Waals surface area contributed by atoms with E-state index in [1.807, 2.05) is 0 Å². The molecule has 0 bridgehead atoms. The SMILES string of the molecule is CC1OC(OCC2OC(OC3CC4C(O)CC(OC5OC(COC(=O)C6CCC(O)CC6)C(O)C(O)C5O)CC4OC3C3CCC(O)CC3)C(O)C(O)C2O)C(O)C(O)C1O. The van der Waals surface area contributed by atoms with Gasteiger partial charge >= 0.3 is 5.97 Å². The zero-order valence-electron chi connectivity index (χ0n) is 34.2. The minimum atomic E-state index is -1.76. The van der Waals surface area contributed by atoms with Crippen LogP contribution in [0.15, 0.2) is 0 Å². The van der Waals surface area contributed by atoms with E-state index in [2.05, 4.69) is 0 Å². The first kappa shape index (κ1) is 47.7. The molecule has 352 valence electrons. The lowest BCUT2D eigenvalue weighted by molar-refractivity contribution is -0.348. The number of carbonyl (C=O) groups is 1. The van der Waals surface area contributed by atoms with Crippen LogP contribution in [0.3, 0.4) is 0 Å². The molecule has 0 radical (unpaired) electrons. The molecule has 4 saturated heterocycles. The van der Waals surface area contributed by atoms with Crippen molar-refractivity contribution >= 4 is 5.97 Å². The first-order valence-electron chi connectivity index (χ1n) is 21.9. The van der Waals surface area contributed by atoms with Gasteiger partial charge in [0.2, 0.25) is 0 Å². The molecule has 21 atom stereocenters. The van der Waals surface area contributed by atoms with Crippen LogP contribution in [0.4, 0.5) is 0 Å². The number of fused-ring (bicyclic) bond motifs is 1. The summed E-state index contributed by atoms with van der Waals surface area (Å²) in [7, 11) is 0. The third-order valence-corrected chi connectivity index (χ3v) is 14.0. The van der Waals surface area contributed by atoms with E-state index in [-0.39, 0.29) is 25.2 Å². The standard InChI is InChI=1S/C40H66O21/c1-15-27(44)30(47)33(50)38(56-15)55-14-26-29(46)32(49)35(52)40(61-26)59-24-12-21-22(43)10-20(11-23(21)58-36(24)16-2-6-18(41)7-3-16)57-39-34(51)31(48)28(45)25(60-39)13-54-37(53)17-4-8-19(42)9-5-17/h15-36,38-52H,2-14H2,1H3. The van der Waals surface area contributed by atoms with Crippen LogP contribution in [-0.2, 0) is 42.7 Å². The Balaban J connectivity index is 0.991. The molecule has 12 N–H and O–H groups in total. The quantitative estimate of drug-likeness (QED) is 0.0875. The number of ether oxygens (including phenoxy) is 8. The molecule has 7 rings (SSSR count). The molecule has 21 heteroatoms. The molecule has 61 heavy (non-hydrogen) atoms. The lowest BCUT2D eigenvalue weighted by atomic mass is 9.73. The van der Waals surface area contributed by atoms with Gasteiger partial charge in [-0.25, -0.2) is 0 Å². The van der Waals surface area contributed by atoms with Gasteiger partial charge in [-0.1, -0.05) is 0 Å². The van der Waals surface area contributed by atoms with Crippen LogP contribution in [0, 0.1) is 17.8 Å². The summed E-state index contributed by atoms with van der Waals surface area (Å²) in [6, 6.07) is 0. The first-order valence-corrected chi connectivity index (χ1v) is 21.9. The predicted octanol–water partition coefficient (Wildman–Crippen LogP) is -4.21. The minimum Gasteiger partial charge on any atom is -0.463 e. The highest BCUT2D eigenvalue weighted by atomic mass is 16.7. The summed E-state index contributed by atoms with van der Waals surface area (Å²) in [6.45, 7) is 0.574. The van der Waals surface area contributed by atoms with E-state index < -0.39 is 166 Å². The van der Waals surface area contributed by atoms with Crippen LogP contribution >= 0.6 is 0 Å². The molecule has 7 aliphatic rings. The third-order valence-electron chi connectivity index (χ3n) is 14.0. The Hall–Kier alpha value is -1.29. The summed E-state index contributed by atoms with van der Waals surface area (Å²) >= 11 is 0. The van der Waals surface area contributed by atoms with Gasteiger partial charge in [-0.05, 0) is 70.6 Å². The Labute approximate surface area is 353 Å². The van der Waals surface area contributed by atoms with E-state index in [0.29, 0.717) is 51.4 Å². The summed E-state index contributed by atoms with van der Waals surface area (Å²) in [4.78, 5) is 12.7. The molecule has 4 aliphatic heterocycles. The molecular formula is C40H66O21. The lowest BCUT2D eigenvalue weighted by Crippen LogP contribution is -2.63. The van der Waals surface area contributed by atoms with E-state index in [0.717, 1.165) is 0 Å². The second-order valence-electron chi connectivity index (χ2n) is 18.3. The topological polar surface area (TPSA) is 334 Å². The van der Waals surface area contributed by atoms with Crippen molar-refractivity contribution in [2.24, 2.45) is 17.8 Å². The van der Waals surface area contributed by atoms with Gasteiger partial charge in [-0.2, -0.15) is 0 Å². The van der Waals surface area contributed by atoms with Crippen LogP contribution in [0.2, 0.25) is 0 Å². The molecule has 0 amide bonds. The van der Waals surface area contributed by atoms with Crippen LogP contribution in [0.1, 0.15) is 77.6 Å². The highest BCUT2D eigenvalue weighted by molar-refractivity contribution is 5.72. The van der Waals surface area contributed by atoms with Crippen molar-refractivity contribution in [1.29, 1.82) is 0 Å². The van der Waals surface area contributed by atoms with Crippen molar-refractivity contribution in [2.45, 2.75) is 212 Å². The maximum Gasteiger partial charge on any atom is 0.309 e. The van der Waals surface area contributed by atoms with Crippen LogP contribution in [0.25, 0.3) is 0 Å². The Morgan fingerprint density at radius 1 is 0.541 bits per heavy atom. The molecule has 0 aromatic carbocycles.